The van der Waals surface area contributed by atoms with E-state index in [1.165, 1.54) is 23.6 Å². The third-order valence-corrected chi connectivity index (χ3v) is 8.69. The number of ether oxygens (including phenoxy) is 2. The van der Waals surface area contributed by atoms with Crippen LogP contribution < -0.4 is 20.9 Å². The van der Waals surface area contributed by atoms with E-state index in [1.807, 2.05) is 11.4 Å². The highest BCUT2D eigenvalue weighted by Crippen LogP contribution is 2.40. The Bertz CT molecular complexity index is 1790. The summed E-state index contributed by atoms with van der Waals surface area (Å²) in [5.74, 6) is -2.48. The van der Waals surface area contributed by atoms with Crippen molar-refractivity contribution in [3.05, 3.63) is 53.2 Å². The molecule has 1 fully saturated rings. The molecule has 1 saturated heterocycles. The number of amides is 3. The summed E-state index contributed by atoms with van der Waals surface area (Å²) >= 11 is 2.19. The Morgan fingerprint density at radius 1 is 0.979 bits per heavy atom. The molecule has 11 nitrogen and oxygen atoms in total. The average Bonchev–Trinajstić information content (AvgIpc) is 3.58. The van der Waals surface area contributed by atoms with Gasteiger partial charge in [-0.1, -0.05) is 17.4 Å². The number of thiophene rings is 1. The first-order chi connectivity index (χ1) is 22.1. The van der Waals surface area contributed by atoms with Crippen LogP contribution in [0.3, 0.4) is 0 Å². The molecule has 4 heterocycles. The van der Waals surface area contributed by atoms with Crippen LogP contribution in [0, 0.1) is 11.6 Å². The van der Waals surface area contributed by atoms with Gasteiger partial charge in [0, 0.05) is 19.1 Å². The number of halogens is 2. The largest absolute Gasteiger partial charge is 0.444 e. The Hall–Kier alpha value is -4.37. The van der Waals surface area contributed by atoms with Crippen LogP contribution in [0.5, 0.6) is 0 Å². The molecule has 1 aliphatic rings. The van der Waals surface area contributed by atoms with Crippen molar-refractivity contribution in [3.63, 3.8) is 0 Å². The summed E-state index contributed by atoms with van der Waals surface area (Å²) < 4.78 is 41.1. The normalized spacial score (nSPS) is 15.3. The zero-order chi connectivity index (χ0) is 34.1. The third-order valence-electron chi connectivity index (χ3n) is 6.79. The van der Waals surface area contributed by atoms with Gasteiger partial charge in [-0.3, -0.25) is 15.1 Å². The topological polar surface area (TPSA) is 135 Å². The number of hydrogen-bond donors (Lipinski definition) is 3. The van der Waals surface area contributed by atoms with Gasteiger partial charge in [0.15, 0.2) is 5.69 Å². The average molecular weight is 687 g/mol. The van der Waals surface area contributed by atoms with Crippen LogP contribution in [-0.4, -0.2) is 58.4 Å². The van der Waals surface area contributed by atoms with Crippen LogP contribution in [0.1, 0.15) is 64.9 Å². The van der Waals surface area contributed by atoms with Crippen LogP contribution in [0.2, 0.25) is 0 Å². The predicted octanol–water partition coefficient (Wildman–Crippen LogP) is 7.79. The number of nitrogens with zero attached hydrogens (tertiary/aromatic N) is 3. The molecule has 0 spiro atoms. The van der Waals surface area contributed by atoms with Gasteiger partial charge in [-0.2, -0.15) is 0 Å². The number of rotatable bonds is 6. The smallest absolute Gasteiger partial charge is 0.412 e. The number of aromatic nitrogens is 2. The molecule has 3 N–H and O–H groups in total. The van der Waals surface area contributed by atoms with E-state index in [0.717, 1.165) is 46.5 Å². The van der Waals surface area contributed by atoms with Crippen molar-refractivity contribution in [1.29, 1.82) is 0 Å². The first-order valence-electron chi connectivity index (χ1n) is 14.9. The van der Waals surface area contributed by atoms with Crippen LogP contribution in [0.25, 0.3) is 20.8 Å². The number of carbonyl (C=O) groups excluding carboxylic acids is 3. The molecular formula is C32H36F2N6O5S2. The SMILES string of the molecule is CC(C)(C)OC(=O)Nc1sc(-c2c(F)cccc2F)nc1C(=O)Nc1cnc2ccsc2c1N1CCCC(NC(=O)OC(C)(C)C)C1. The van der Waals surface area contributed by atoms with E-state index in [-0.39, 0.29) is 21.7 Å². The molecule has 3 amide bonds. The fourth-order valence-corrected chi connectivity index (χ4v) is 6.94. The quantitative estimate of drug-likeness (QED) is 0.187. The number of hydrogen-bond acceptors (Lipinski definition) is 10. The van der Waals surface area contributed by atoms with Crippen LogP contribution in [0.4, 0.5) is 34.7 Å². The van der Waals surface area contributed by atoms with Gasteiger partial charge in [-0.15, -0.1) is 11.3 Å². The van der Waals surface area contributed by atoms with E-state index in [0.29, 0.717) is 24.5 Å². The number of nitrogens with one attached hydrogen (secondary N) is 3. The van der Waals surface area contributed by atoms with Crippen molar-refractivity contribution in [2.45, 2.75) is 71.6 Å². The lowest BCUT2D eigenvalue weighted by Gasteiger charge is -2.36. The van der Waals surface area contributed by atoms with Gasteiger partial charge in [0.05, 0.1) is 33.4 Å². The summed E-state index contributed by atoms with van der Waals surface area (Å²) in [6, 6.07) is 5.04. The van der Waals surface area contributed by atoms with Crippen LogP contribution >= 0.6 is 22.7 Å². The number of pyridine rings is 1. The number of carbonyl (C=O) groups is 3. The molecule has 1 aliphatic heterocycles. The molecule has 1 unspecified atom stereocenters. The molecule has 4 aromatic rings. The van der Waals surface area contributed by atoms with E-state index in [9.17, 15) is 23.2 Å². The summed E-state index contributed by atoms with van der Waals surface area (Å²) in [6.45, 7) is 11.5. The monoisotopic (exact) mass is 686 g/mol. The van der Waals surface area contributed by atoms with Crippen LogP contribution in [-0.2, 0) is 9.47 Å². The molecular weight excluding hydrogens is 651 g/mol. The lowest BCUT2D eigenvalue weighted by Crippen LogP contribution is -2.49. The van der Waals surface area contributed by atoms with E-state index in [1.54, 1.807) is 41.5 Å². The van der Waals surface area contributed by atoms with Gasteiger partial charge in [0.2, 0.25) is 0 Å². The fraction of sp³-hybridized carbons (Fsp3) is 0.406. The molecule has 0 radical (unpaired) electrons. The highest BCUT2D eigenvalue weighted by atomic mass is 32.1. The Balaban J connectivity index is 1.48. The Labute approximate surface area is 278 Å². The van der Waals surface area contributed by atoms with Crippen molar-refractivity contribution in [2.24, 2.45) is 0 Å². The van der Waals surface area contributed by atoms with Crippen molar-refractivity contribution in [2.75, 3.05) is 28.6 Å². The maximum absolute atomic E-state index is 14.7. The lowest BCUT2D eigenvalue weighted by atomic mass is 10.0. The molecule has 47 heavy (non-hydrogen) atoms. The molecule has 1 aromatic carbocycles. The van der Waals surface area contributed by atoms with Gasteiger partial charge in [0.25, 0.3) is 5.91 Å². The lowest BCUT2D eigenvalue weighted by molar-refractivity contribution is 0.0499. The third kappa shape index (κ3) is 8.32. The number of piperidine rings is 1. The van der Waals surface area contributed by atoms with Gasteiger partial charge in [0.1, 0.15) is 32.8 Å². The number of fused-ring (bicyclic) bond motifs is 1. The van der Waals surface area contributed by atoms with Gasteiger partial charge >= 0.3 is 12.2 Å². The molecule has 3 aromatic heterocycles. The van der Waals surface area contributed by atoms with E-state index in [2.05, 4.69) is 30.8 Å². The second-order valence-corrected chi connectivity index (χ2v) is 14.9. The summed E-state index contributed by atoms with van der Waals surface area (Å²) in [7, 11) is 0. The molecule has 0 aliphatic carbocycles. The Kier molecular flexibility index (Phi) is 9.68. The fourth-order valence-electron chi connectivity index (χ4n) is 5.02. The van der Waals surface area contributed by atoms with Crippen molar-refractivity contribution >= 4 is 67.4 Å². The molecule has 0 bridgehead atoms. The molecule has 5 rings (SSSR count). The second kappa shape index (κ2) is 13.4. The minimum absolute atomic E-state index is 0.0549. The van der Waals surface area contributed by atoms with Gasteiger partial charge < -0.3 is 25.0 Å². The van der Waals surface area contributed by atoms with Crippen LogP contribution in [0.15, 0.2) is 35.8 Å². The molecule has 250 valence electrons. The summed E-state index contributed by atoms with van der Waals surface area (Å²) in [5.41, 5.74) is -0.400. The summed E-state index contributed by atoms with van der Waals surface area (Å²) in [4.78, 5) is 50.0. The Morgan fingerprint density at radius 2 is 1.66 bits per heavy atom. The van der Waals surface area contributed by atoms with E-state index >= 15 is 0 Å². The first-order valence-corrected chi connectivity index (χ1v) is 16.6. The summed E-state index contributed by atoms with van der Waals surface area (Å²) in [5, 5.41) is 10.0. The van der Waals surface area contributed by atoms with Crippen molar-refractivity contribution in [3.8, 4) is 10.6 Å². The first kappa shape index (κ1) is 34.0. The zero-order valence-corrected chi connectivity index (χ0v) is 28.5. The maximum Gasteiger partial charge on any atom is 0.412 e. The number of anilines is 3. The highest BCUT2D eigenvalue weighted by molar-refractivity contribution is 7.19. The number of thiazole rings is 1. The zero-order valence-electron chi connectivity index (χ0n) is 26.8. The minimum atomic E-state index is -0.871. The van der Waals surface area contributed by atoms with Gasteiger partial charge in [-0.05, 0) is 78.0 Å². The van der Waals surface area contributed by atoms with E-state index < -0.39 is 46.5 Å². The van der Waals surface area contributed by atoms with Crippen molar-refractivity contribution in [1.82, 2.24) is 15.3 Å². The molecule has 0 saturated carbocycles. The minimum Gasteiger partial charge on any atom is -0.444 e. The standard InChI is InChI=1S/C32H36F2N6O5S2/c1-31(2,3)44-29(42)36-17-9-8-13-40(16-17)24-21(15-35-20-12-14-46-25(20)24)37-26(41)23-28(39-30(43)45-32(4,5)6)47-27(38-23)22-18(33)10-7-11-19(22)34/h7,10-12,14-15,17H,8-9,13,16H2,1-6H3,(H,36,42)(H,37,41)(H,39,43). The summed E-state index contributed by atoms with van der Waals surface area (Å²) in [6.07, 6.45) is 1.65. The second-order valence-electron chi connectivity index (χ2n) is 13.0. The number of alkyl carbamates (subject to hydrolysis) is 1. The maximum atomic E-state index is 14.7. The van der Waals surface area contributed by atoms with E-state index in [4.69, 9.17) is 9.47 Å². The Morgan fingerprint density at radius 3 is 2.34 bits per heavy atom. The number of benzene rings is 1. The predicted molar refractivity (Wildman–Crippen MR) is 180 cm³/mol. The molecule has 15 heteroatoms. The molecule has 1 atom stereocenters. The van der Waals surface area contributed by atoms with Gasteiger partial charge in [-0.25, -0.2) is 23.4 Å². The highest BCUT2D eigenvalue weighted by Gasteiger charge is 2.30. The van der Waals surface area contributed by atoms with Crippen molar-refractivity contribution < 1.29 is 32.6 Å².